The third kappa shape index (κ3) is 3.47. The third-order valence-corrected chi connectivity index (χ3v) is 5.34. The largest absolute Gasteiger partial charge is 0.264 e. The maximum Gasteiger partial charge on any atom is 0.178 e. The van der Waals surface area contributed by atoms with E-state index in [1.54, 1.807) is 6.20 Å². The van der Waals surface area contributed by atoms with Gasteiger partial charge in [0.2, 0.25) is 0 Å². The highest BCUT2D eigenvalue weighted by Gasteiger charge is 2.29. The molecule has 0 aromatic carbocycles. The Bertz CT molecular complexity index is 1160. The molecule has 28 heavy (non-hydrogen) atoms. The summed E-state index contributed by atoms with van der Waals surface area (Å²) in [7, 11) is 0. The molecule has 4 aromatic heterocycles. The standard InChI is InChI=1S/C24H27N4/c1-23(2,3)20-15-28(14-17-7-6-9-26-22(17)20)16-24(4,5)19-11-18-12-25-10-8-21(18)27-13-19/h6-15H,16H2,1-5H3/q+1. The van der Waals surface area contributed by atoms with Gasteiger partial charge in [-0.25, -0.2) is 4.57 Å². The molecule has 0 atom stereocenters. The molecule has 0 aliphatic carbocycles. The molecule has 0 radical (unpaired) electrons. The Labute approximate surface area is 166 Å². The summed E-state index contributed by atoms with van der Waals surface area (Å²) in [4.78, 5) is 13.5. The van der Waals surface area contributed by atoms with E-state index in [1.807, 2.05) is 30.7 Å². The van der Waals surface area contributed by atoms with E-state index in [2.05, 4.69) is 78.7 Å². The van der Waals surface area contributed by atoms with Crippen LogP contribution in [0.1, 0.15) is 45.7 Å². The molecular weight excluding hydrogens is 344 g/mol. The highest BCUT2D eigenvalue weighted by Crippen LogP contribution is 2.29. The number of pyridine rings is 4. The summed E-state index contributed by atoms with van der Waals surface area (Å²) in [6.07, 6.45) is 12.0. The van der Waals surface area contributed by atoms with Crippen LogP contribution in [0.15, 0.2) is 61.4 Å². The van der Waals surface area contributed by atoms with E-state index in [4.69, 9.17) is 0 Å². The van der Waals surface area contributed by atoms with Crippen molar-refractivity contribution in [2.75, 3.05) is 0 Å². The molecule has 0 amide bonds. The molecule has 142 valence electrons. The number of fused-ring (bicyclic) bond motifs is 2. The Hall–Kier alpha value is -2.88. The summed E-state index contributed by atoms with van der Waals surface area (Å²) in [5.41, 5.74) is 4.49. The molecule has 4 rings (SSSR count). The number of aromatic nitrogens is 4. The quantitative estimate of drug-likeness (QED) is 0.489. The number of hydrogen-bond donors (Lipinski definition) is 0. The molecule has 0 saturated heterocycles. The van der Waals surface area contributed by atoms with E-state index in [1.165, 1.54) is 16.5 Å². The Morgan fingerprint density at radius 1 is 0.893 bits per heavy atom. The normalized spacial score (nSPS) is 12.6. The first kappa shape index (κ1) is 18.5. The second kappa shape index (κ2) is 6.62. The van der Waals surface area contributed by atoms with Crippen LogP contribution < -0.4 is 4.57 Å². The van der Waals surface area contributed by atoms with Crippen molar-refractivity contribution in [2.45, 2.75) is 52.0 Å². The molecule has 4 heterocycles. The fourth-order valence-corrected chi connectivity index (χ4v) is 3.72. The first-order valence-corrected chi connectivity index (χ1v) is 9.73. The van der Waals surface area contributed by atoms with Crippen molar-refractivity contribution in [3.63, 3.8) is 0 Å². The van der Waals surface area contributed by atoms with E-state index < -0.39 is 0 Å². The lowest BCUT2D eigenvalue weighted by Crippen LogP contribution is -2.44. The van der Waals surface area contributed by atoms with Crippen molar-refractivity contribution in [3.05, 3.63) is 72.6 Å². The topological polar surface area (TPSA) is 42.5 Å². The fourth-order valence-electron chi connectivity index (χ4n) is 3.72. The summed E-state index contributed by atoms with van der Waals surface area (Å²) in [6.45, 7) is 12.1. The highest BCUT2D eigenvalue weighted by molar-refractivity contribution is 5.80. The van der Waals surface area contributed by atoms with E-state index >= 15 is 0 Å². The molecule has 4 aromatic rings. The van der Waals surface area contributed by atoms with Gasteiger partial charge < -0.3 is 0 Å². The molecule has 0 N–H and O–H groups in total. The zero-order chi connectivity index (χ0) is 19.9. The molecule has 0 fully saturated rings. The van der Waals surface area contributed by atoms with E-state index in [0.29, 0.717) is 0 Å². The second-order valence-electron chi connectivity index (χ2n) is 9.21. The summed E-state index contributed by atoms with van der Waals surface area (Å²) in [6, 6.07) is 8.31. The first-order chi connectivity index (χ1) is 13.2. The Balaban J connectivity index is 1.77. The van der Waals surface area contributed by atoms with Gasteiger partial charge in [0.1, 0.15) is 0 Å². The predicted molar refractivity (Wildman–Crippen MR) is 113 cm³/mol. The average molecular weight is 372 g/mol. The van der Waals surface area contributed by atoms with Gasteiger partial charge in [0, 0.05) is 35.7 Å². The Morgan fingerprint density at radius 2 is 1.71 bits per heavy atom. The van der Waals surface area contributed by atoms with E-state index in [-0.39, 0.29) is 10.8 Å². The van der Waals surface area contributed by atoms with Gasteiger partial charge in [-0.05, 0) is 49.1 Å². The Morgan fingerprint density at radius 3 is 2.50 bits per heavy atom. The zero-order valence-corrected chi connectivity index (χ0v) is 17.3. The van der Waals surface area contributed by atoms with Gasteiger partial charge in [0.15, 0.2) is 18.9 Å². The zero-order valence-electron chi connectivity index (χ0n) is 17.3. The lowest BCUT2D eigenvalue weighted by molar-refractivity contribution is -0.703. The monoisotopic (exact) mass is 371 g/mol. The van der Waals surface area contributed by atoms with E-state index in [9.17, 15) is 0 Å². The van der Waals surface area contributed by atoms with Gasteiger partial charge in [-0.2, -0.15) is 0 Å². The first-order valence-electron chi connectivity index (χ1n) is 9.73. The molecule has 0 aliphatic heterocycles. The lowest BCUT2D eigenvalue weighted by Gasteiger charge is -2.24. The summed E-state index contributed by atoms with van der Waals surface area (Å²) >= 11 is 0. The van der Waals surface area contributed by atoms with Crippen LogP contribution in [0.3, 0.4) is 0 Å². The summed E-state index contributed by atoms with van der Waals surface area (Å²) < 4.78 is 2.30. The molecule has 4 nitrogen and oxygen atoms in total. The van der Waals surface area contributed by atoms with Crippen LogP contribution in [-0.2, 0) is 17.4 Å². The lowest BCUT2D eigenvalue weighted by atomic mass is 9.84. The van der Waals surface area contributed by atoms with Crippen molar-refractivity contribution in [3.8, 4) is 0 Å². The highest BCUT2D eigenvalue weighted by atomic mass is 15.0. The van der Waals surface area contributed by atoms with Crippen LogP contribution in [0.2, 0.25) is 0 Å². The van der Waals surface area contributed by atoms with Crippen molar-refractivity contribution >= 4 is 21.8 Å². The molecule has 0 unspecified atom stereocenters. The molecule has 0 saturated carbocycles. The van der Waals surface area contributed by atoms with Crippen LogP contribution in [0.25, 0.3) is 21.8 Å². The molecular formula is C24H27N4+. The predicted octanol–water partition coefficient (Wildman–Crippen LogP) is 4.74. The number of nitrogens with zero attached hydrogens (tertiary/aromatic N) is 4. The summed E-state index contributed by atoms with van der Waals surface area (Å²) in [5.74, 6) is 0. The Kier molecular flexibility index (Phi) is 4.37. The van der Waals surface area contributed by atoms with Crippen LogP contribution in [0, 0.1) is 0 Å². The third-order valence-electron chi connectivity index (χ3n) is 5.34. The van der Waals surface area contributed by atoms with Crippen molar-refractivity contribution in [2.24, 2.45) is 0 Å². The van der Waals surface area contributed by atoms with Gasteiger partial charge in [0.25, 0.3) is 0 Å². The molecule has 0 aliphatic rings. The van der Waals surface area contributed by atoms with Gasteiger partial charge >= 0.3 is 0 Å². The maximum absolute atomic E-state index is 4.65. The van der Waals surface area contributed by atoms with Gasteiger partial charge in [0.05, 0.1) is 21.8 Å². The second-order valence-corrected chi connectivity index (χ2v) is 9.21. The van der Waals surface area contributed by atoms with Gasteiger partial charge in [-0.1, -0.05) is 20.8 Å². The van der Waals surface area contributed by atoms with Crippen molar-refractivity contribution < 1.29 is 4.57 Å². The van der Waals surface area contributed by atoms with Crippen LogP contribution >= 0.6 is 0 Å². The molecule has 0 bridgehead atoms. The van der Waals surface area contributed by atoms with Gasteiger partial charge in [-0.15, -0.1) is 0 Å². The van der Waals surface area contributed by atoms with Crippen LogP contribution in [-0.4, -0.2) is 15.0 Å². The van der Waals surface area contributed by atoms with Crippen LogP contribution in [0.5, 0.6) is 0 Å². The van der Waals surface area contributed by atoms with Crippen molar-refractivity contribution in [1.82, 2.24) is 15.0 Å². The number of hydrogen-bond acceptors (Lipinski definition) is 3. The molecule has 0 spiro atoms. The number of rotatable bonds is 3. The maximum atomic E-state index is 4.65. The summed E-state index contributed by atoms with van der Waals surface area (Å²) in [5, 5.41) is 2.25. The van der Waals surface area contributed by atoms with Crippen molar-refractivity contribution in [1.29, 1.82) is 0 Å². The minimum Gasteiger partial charge on any atom is -0.264 e. The van der Waals surface area contributed by atoms with Crippen LogP contribution in [0.4, 0.5) is 0 Å². The average Bonchev–Trinajstić information content (AvgIpc) is 2.66. The SMILES string of the molecule is CC(C)(C)c1c[n+](CC(C)(C)c2cnc3ccncc3c2)cc2cccnc12. The minimum absolute atomic E-state index is 0.0237. The fraction of sp³-hybridized carbons (Fsp3) is 0.333. The smallest absolute Gasteiger partial charge is 0.178 e. The molecule has 4 heteroatoms. The van der Waals surface area contributed by atoms with Gasteiger partial charge in [-0.3, -0.25) is 15.0 Å². The minimum atomic E-state index is -0.0766. The van der Waals surface area contributed by atoms with E-state index in [0.717, 1.165) is 23.0 Å².